The molecule has 1 aromatic rings. The van der Waals surface area contributed by atoms with Gasteiger partial charge in [-0.3, -0.25) is 4.79 Å². The van der Waals surface area contributed by atoms with E-state index in [1.165, 1.54) is 0 Å². The highest BCUT2D eigenvalue weighted by atomic mass is 16.5. The van der Waals surface area contributed by atoms with Crippen LogP contribution in [0, 0.1) is 17.2 Å². The van der Waals surface area contributed by atoms with Crippen molar-refractivity contribution in [2.75, 3.05) is 20.2 Å². The van der Waals surface area contributed by atoms with E-state index in [0.717, 1.165) is 38.0 Å². The lowest BCUT2D eigenvalue weighted by molar-refractivity contribution is -0.131. The molecule has 0 aromatic heterocycles. The number of nitrogens with zero attached hydrogens (tertiary/aromatic N) is 2. The van der Waals surface area contributed by atoms with Crippen LogP contribution in [0.5, 0.6) is 5.75 Å². The largest absolute Gasteiger partial charge is 0.495 e. The highest BCUT2D eigenvalue weighted by Crippen LogP contribution is 2.22. The lowest BCUT2D eigenvalue weighted by Crippen LogP contribution is -2.50. The van der Waals surface area contributed by atoms with Crippen molar-refractivity contribution >= 4 is 5.91 Å². The van der Waals surface area contributed by atoms with Crippen molar-refractivity contribution in [3.05, 3.63) is 29.3 Å². The summed E-state index contributed by atoms with van der Waals surface area (Å²) in [6, 6.07) is 8.27. The van der Waals surface area contributed by atoms with Gasteiger partial charge in [0.2, 0.25) is 5.91 Å². The Balaban J connectivity index is 1.98. The molecule has 1 amide bonds. The Morgan fingerprint density at radius 3 is 2.91 bits per heavy atom. The second-order valence-electron chi connectivity index (χ2n) is 6.06. The predicted octanol–water partition coefficient (Wildman–Crippen LogP) is 2.30. The third kappa shape index (κ3) is 4.23. The van der Waals surface area contributed by atoms with E-state index in [9.17, 15) is 4.79 Å². The van der Waals surface area contributed by atoms with Gasteiger partial charge in [-0.2, -0.15) is 5.26 Å². The first-order valence-electron chi connectivity index (χ1n) is 8.15. The summed E-state index contributed by atoms with van der Waals surface area (Å²) in [7, 11) is 1.57. The molecule has 1 aliphatic rings. The van der Waals surface area contributed by atoms with E-state index in [1.54, 1.807) is 14.0 Å². The van der Waals surface area contributed by atoms with Gasteiger partial charge in [0.1, 0.15) is 11.8 Å². The first-order valence-corrected chi connectivity index (χ1v) is 8.15. The van der Waals surface area contributed by atoms with Crippen LogP contribution in [-0.4, -0.2) is 37.0 Å². The Kier molecular flexibility index (Phi) is 6.00. The number of hydrogen-bond acceptors (Lipinski definition) is 4. The highest BCUT2D eigenvalue weighted by molar-refractivity contribution is 5.73. The molecule has 5 heteroatoms. The Bertz CT molecular complexity index is 594. The Hall–Kier alpha value is -2.06. The van der Waals surface area contributed by atoms with Crippen molar-refractivity contribution in [1.29, 1.82) is 5.26 Å². The minimum atomic E-state index is 0.163. The van der Waals surface area contributed by atoms with E-state index in [0.29, 0.717) is 23.3 Å². The summed E-state index contributed by atoms with van der Waals surface area (Å²) in [6.07, 6.45) is 2.02. The van der Waals surface area contributed by atoms with E-state index in [-0.39, 0.29) is 5.91 Å². The van der Waals surface area contributed by atoms with Gasteiger partial charge in [-0.1, -0.05) is 19.4 Å². The summed E-state index contributed by atoms with van der Waals surface area (Å²) in [4.78, 5) is 13.5. The first kappa shape index (κ1) is 17.3. The maximum atomic E-state index is 11.5. The van der Waals surface area contributed by atoms with Gasteiger partial charge in [-0.15, -0.1) is 0 Å². The minimum Gasteiger partial charge on any atom is -0.495 e. The van der Waals surface area contributed by atoms with Gasteiger partial charge in [0.25, 0.3) is 0 Å². The number of rotatable bonds is 5. The Morgan fingerprint density at radius 2 is 2.30 bits per heavy atom. The molecule has 23 heavy (non-hydrogen) atoms. The van der Waals surface area contributed by atoms with Crippen LogP contribution >= 0.6 is 0 Å². The summed E-state index contributed by atoms with van der Waals surface area (Å²) in [6.45, 7) is 6.18. The molecule has 1 aromatic carbocycles. The number of nitrogens with one attached hydrogen (secondary N) is 1. The predicted molar refractivity (Wildman–Crippen MR) is 89.0 cm³/mol. The van der Waals surface area contributed by atoms with Gasteiger partial charge in [0.15, 0.2) is 0 Å². The van der Waals surface area contributed by atoms with Crippen molar-refractivity contribution in [3.63, 3.8) is 0 Å². The number of benzene rings is 1. The number of carbonyl (C=O) groups excluding carboxylic acids is 1. The monoisotopic (exact) mass is 315 g/mol. The van der Waals surface area contributed by atoms with E-state index < -0.39 is 0 Å². The van der Waals surface area contributed by atoms with Crippen LogP contribution < -0.4 is 10.1 Å². The van der Waals surface area contributed by atoms with E-state index in [1.807, 2.05) is 23.1 Å². The molecule has 124 valence electrons. The number of ether oxygens (including phenoxy) is 1. The van der Waals surface area contributed by atoms with Crippen LogP contribution in [0.3, 0.4) is 0 Å². The number of likely N-dealkylation sites (tertiary alicyclic amines) is 1. The number of amides is 1. The van der Waals surface area contributed by atoms with Gasteiger partial charge in [-0.05, 0) is 30.0 Å². The van der Waals surface area contributed by atoms with Gasteiger partial charge in [-0.25, -0.2) is 0 Å². The van der Waals surface area contributed by atoms with E-state index in [4.69, 9.17) is 10.00 Å². The van der Waals surface area contributed by atoms with Crippen LogP contribution in [0.25, 0.3) is 0 Å². The molecule has 1 heterocycles. The molecule has 1 N–H and O–H groups in total. The van der Waals surface area contributed by atoms with Gasteiger partial charge in [0.05, 0.1) is 12.7 Å². The number of piperidine rings is 1. The average molecular weight is 315 g/mol. The van der Waals surface area contributed by atoms with E-state index >= 15 is 0 Å². The summed E-state index contributed by atoms with van der Waals surface area (Å²) in [5.74, 6) is 1.24. The van der Waals surface area contributed by atoms with Crippen molar-refractivity contribution in [1.82, 2.24) is 10.2 Å². The zero-order chi connectivity index (χ0) is 16.8. The maximum Gasteiger partial charge on any atom is 0.219 e. The molecular formula is C18H25N3O2. The highest BCUT2D eigenvalue weighted by Gasteiger charge is 2.28. The number of nitriles is 1. The van der Waals surface area contributed by atoms with Crippen molar-refractivity contribution in [3.8, 4) is 11.8 Å². The molecular weight excluding hydrogens is 290 g/mol. The minimum absolute atomic E-state index is 0.163. The fraction of sp³-hybridized carbons (Fsp3) is 0.556. The molecule has 0 bridgehead atoms. The second-order valence-corrected chi connectivity index (χ2v) is 6.06. The lowest BCUT2D eigenvalue weighted by Gasteiger charge is -2.38. The van der Waals surface area contributed by atoms with E-state index in [2.05, 4.69) is 18.3 Å². The fourth-order valence-electron chi connectivity index (χ4n) is 3.20. The average Bonchev–Trinajstić information content (AvgIpc) is 2.59. The maximum absolute atomic E-state index is 11.5. The smallest absolute Gasteiger partial charge is 0.219 e. The molecule has 1 aliphatic heterocycles. The Labute approximate surface area is 138 Å². The number of carbonyl (C=O) groups is 1. The molecule has 5 nitrogen and oxygen atoms in total. The molecule has 0 radical (unpaired) electrons. The zero-order valence-electron chi connectivity index (χ0n) is 14.1. The van der Waals surface area contributed by atoms with Gasteiger partial charge >= 0.3 is 0 Å². The summed E-state index contributed by atoms with van der Waals surface area (Å²) >= 11 is 0. The normalized spacial score (nSPS) is 20.9. The van der Waals surface area contributed by atoms with Crippen LogP contribution in [0.4, 0.5) is 0 Å². The van der Waals surface area contributed by atoms with Crippen molar-refractivity contribution in [2.45, 2.75) is 39.3 Å². The quantitative estimate of drug-likeness (QED) is 0.905. The lowest BCUT2D eigenvalue weighted by atomic mass is 9.89. The van der Waals surface area contributed by atoms with Gasteiger partial charge < -0.3 is 15.0 Å². The van der Waals surface area contributed by atoms with Crippen LogP contribution in [0.2, 0.25) is 0 Å². The van der Waals surface area contributed by atoms with Gasteiger partial charge in [0, 0.05) is 32.6 Å². The van der Waals surface area contributed by atoms with Crippen molar-refractivity contribution < 1.29 is 9.53 Å². The molecule has 2 atom stereocenters. The topological polar surface area (TPSA) is 65.4 Å². The molecule has 1 saturated heterocycles. The molecule has 0 saturated carbocycles. The summed E-state index contributed by atoms with van der Waals surface area (Å²) in [5.41, 5.74) is 1.64. The van der Waals surface area contributed by atoms with Crippen molar-refractivity contribution in [2.24, 2.45) is 5.92 Å². The third-order valence-electron chi connectivity index (χ3n) is 4.66. The summed E-state index contributed by atoms with van der Waals surface area (Å²) < 4.78 is 5.17. The van der Waals surface area contributed by atoms with Crippen LogP contribution in [0.15, 0.2) is 18.2 Å². The Morgan fingerprint density at radius 1 is 1.52 bits per heavy atom. The number of hydrogen-bond donors (Lipinski definition) is 1. The molecule has 0 unspecified atom stereocenters. The first-order chi connectivity index (χ1) is 11.1. The third-order valence-corrected chi connectivity index (χ3v) is 4.66. The molecule has 0 aliphatic carbocycles. The second kappa shape index (κ2) is 7.98. The number of methoxy groups -OCH3 is 1. The van der Waals surface area contributed by atoms with Crippen LogP contribution in [0.1, 0.15) is 37.8 Å². The standard InChI is InChI=1S/C18H25N3O2/c1-4-15-12-21(13(2)22)8-7-17(15)20-11-14-5-6-18(23-3)16(9-14)10-19/h5-6,9,15,17,20H,4,7-8,11-12H2,1-3H3/t15-,17-/m1/s1. The summed E-state index contributed by atoms with van der Waals surface area (Å²) in [5, 5.41) is 12.8. The fourth-order valence-corrected chi connectivity index (χ4v) is 3.20. The molecule has 1 fully saturated rings. The molecule has 0 spiro atoms. The SMILES string of the molecule is CC[C@@H]1CN(C(C)=O)CC[C@H]1NCc1ccc(OC)c(C#N)c1. The zero-order valence-corrected chi connectivity index (χ0v) is 14.1. The molecule has 2 rings (SSSR count). The van der Waals surface area contributed by atoms with Crippen LogP contribution in [-0.2, 0) is 11.3 Å².